The summed E-state index contributed by atoms with van der Waals surface area (Å²) < 4.78 is 0. The van der Waals surface area contributed by atoms with Gasteiger partial charge in [0.05, 0.1) is 11.6 Å². The molecule has 2 amide bonds. The first-order chi connectivity index (χ1) is 12.2. The number of rotatable bonds is 1. The highest BCUT2D eigenvalue weighted by Crippen LogP contribution is 2.45. The van der Waals surface area contributed by atoms with Crippen LogP contribution in [0.2, 0.25) is 0 Å². The van der Waals surface area contributed by atoms with E-state index >= 15 is 0 Å². The van der Waals surface area contributed by atoms with Gasteiger partial charge in [-0.15, -0.1) is 0 Å². The van der Waals surface area contributed by atoms with Crippen molar-refractivity contribution in [3.8, 4) is 0 Å². The third-order valence-electron chi connectivity index (χ3n) is 6.33. The number of likely N-dealkylation sites (tertiary alicyclic amines) is 2. The molecule has 0 aromatic carbocycles. The molecule has 1 aromatic rings. The Balaban J connectivity index is 1.72. The first-order valence-electron chi connectivity index (χ1n) is 9.33. The lowest BCUT2D eigenvalue weighted by molar-refractivity contribution is -0.156. The number of piperidine rings is 2. The second-order valence-electron chi connectivity index (χ2n) is 8.44. The Labute approximate surface area is 155 Å². The maximum atomic E-state index is 12.8. The third kappa shape index (κ3) is 3.22. The Hall–Kier alpha value is -1.95. The first kappa shape index (κ1) is 18.8. The predicted octanol–water partition coefficient (Wildman–Crippen LogP) is 2.00. The van der Waals surface area contributed by atoms with Gasteiger partial charge in [0.15, 0.2) is 0 Å². The van der Waals surface area contributed by atoms with E-state index in [4.69, 9.17) is 0 Å². The quantitative estimate of drug-likeness (QED) is 0.832. The molecule has 1 atom stereocenters. The Kier molecular flexibility index (Phi) is 4.82. The van der Waals surface area contributed by atoms with Gasteiger partial charge in [0.25, 0.3) is 5.91 Å². The summed E-state index contributed by atoms with van der Waals surface area (Å²) in [5.41, 5.74) is 0.736. The molecule has 3 heterocycles. The van der Waals surface area contributed by atoms with Crippen LogP contribution in [-0.2, 0) is 4.79 Å². The molecule has 2 saturated heterocycles. The van der Waals surface area contributed by atoms with E-state index in [0.717, 1.165) is 18.4 Å². The standard InChI is InChI=1S/C20H29N3O3/c1-14-6-5-9-21-17(14)18(26)22-10-7-20(8-11-22)12-16(25)19(3,4)23(13-20)15(2)24/h5-6,9,16,25H,7-8,10-13H2,1-4H3. The second-order valence-corrected chi connectivity index (χ2v) is 8.44. The van der Waals surface area contributed by atoms with Gasteiger partial charge in [-0.2, -0.15) is 0 Å². The highest BCUT2D eigenvalue weighted by Gasteiger charge is 2.50. The van der Waals surface area contributed by atoms with Crippen molar-refractivity contribution in [2.75, 3.05) is 19.6 Å². The van der Waals surface area contributed by atoms with Crippen LogP contribution in [0.5, 0.6) is 0 Å². The number of aliphatic hydroxyl groups is 1. The lowest BCUT2D eigenvalue weighted by Crippen LogP contribution is -2.64. The summed E-state index contributed by atoms with van der Waals surface area (Å²) in [6.07, 6.45) is 3.36. The van der Waals surface area contributed by atoms with E-state index < -0.39 is 11.6 Å². The fraction of sp³-hybridized carbons (Fsp3) is 0.650. The minimum Gasteiger partial charge on any atom is -0.391 e. The van der Waals surface area contributed by atoms with Gasteiger partial charge in [-0.3, -0.25) is 14.6 Å². The maximum Gasteiger partial charge on any atom is 0.272 e. The molecule has 0 radical (unpaired) electrons. The van der Waals surface area contributed by atoms with Gasteiger partial charge in [-0.1, -0.05) is 6.07 Å². The molecule has 3 rings (SSSR count). The fourth-order valence-electron chi connectivity index (χ4n) is 4.37. The Morgan fingerprint density at radius 3 is 2.50 bits per heavy atom. The van der Waals surface area contributed by atoms with Crippen LogP contribution < -0.4 is 0 Å². The number of aryl methyl sites for hydroxylation is 1. The van der Waals surface area contributed by atoms with E-state index in [1.165, 1.54) is 0 Å². The summed E-state index contributed by atoms with van der Waals surface area (Å²) in [6.45, 7) is 9.23. The third-order valence-corrected chi connectivity index (χ3v) is 6.33. The molecule has 2 aliphatic heterocycles. The van der Waals surface area contributed by atoms with E-state index in [9.17, 15) is 14.7 Å². The van der Waals surface area contributed by atoms with E-state index in [2.05, 4.69) is 4.98 Å². The summed E-state index contributed by atoms with van der Waals surface area (Å²) in [7, 11) is 0. The molecule has 142 valence electrons. The lowest BCUT2D eigenvalue weighted by atomic mass is 9.67. The lowest BCUT2D eigenvalue weighted by Gasteiger charge is -2.55. The number of nitrogens with zero attached hydrogens (tertiary/aromatic N) is 3. The average molecular weight is 359 g/mol. The molecule has 0 bridgehead atoms. The summed E-state index contributed by atoms with van der Waals surface area (Å²) in [5.74, 6) is -0.0335. The summed E-state index contributed by atoms with van der Waals surface area (Å²) in [4.78, 5) is 32.8. The highest BCUT2D eigenvalue weighted by atomic mass is 16.3. The molecule has 2 aliphatic rings. The average Bonchev–Trinajstić information content (AvgIpc) is 2.59. The molecule has 0 aliphatic carbocycles. The van der Waals surface area contributed by atoms with E-state index in [-0.39, 0.29) is 17.2 Å². The zero-order valence-corrected chi connectivity index (χ0v) is 16.2. The summed E-state index contributed by atoms with van der Waals surface area (Å²) in [5, 5.41) is 10.7. The summed E-state index contributed by atoms with van der Waals surface area (Å²) in [6, 6.07) is 3.73. The number of carbonyl (C=O) groups excluding carboxylic acids is 2. The minimum atomic E-state index is -0.555. The number of pyridine rings is 1. The molecule has 1 unspecified atom stereocenters. The van der Waals surface area contributed by atoms with Gasteiger partial charge >= 0.3 is 0 Å². The van der Waals surface area contributed by atoms with Gasteiger partial charge in [-0.25, -0.2) is 0 Å². The molecule has 6 nitrogen and oxygen atoms in total. The SMILES string of the molecule is CC(=O)N1CC2(CCN(C(=O)c3ncccc3C)CC2)CC(O)C1(C)C. The van der Waals surface area contributed by atoms with Gasteiger partial charge in [-0.05, 0) is 57.1 Å². The number of aliphatic hydroxyl groups excluding tert-OH is 1. The van der Waals surface area contributed by atoms with Crippen molar-refractivity contribution in [2.45, 2.75) is 58.6 Å². The fourth-order valence-corrected chi connectivity index (χ4v) is 4.37. The van der Waals surface area contributed by atoms with E-state index in [0.29, 0.717) is 31.7 Å². The van der Waals surface area contributed by atoms with Gasteiger partial charge < -0.3 is 14.9 Å². The molecule has 0 saturated carbocycles. The van der Waals surface area contributed by atoms with Crippen LogP contribution in [-0.4, -0.2) is 63.0 Å². The van der Waals surface area contributed by atoms with Crippen LogP contribution in [0.3, 0.4) is 0 Å². The topological polar surface area (TPSA) is 73.7 Å². The number of carbonyl (C=O) groups is 2. The van der Waals surface area contributed by atoms with Crippen LogP contribution in [0.1, 0.15) is 56.1 Å². The Morgan fingerprint density at radius 1 is 1.27 bits per heavy atom. The van der Waals surface area contributed by atoms with Crippen molar-refractivity contribution >= 4 is 11.8 Å². The number of hydrogen-bond acceptors (Lipinski definition) is 4. The van der Waals surface area contributed by atoms with Crippen molar-refractivity contribution in [3.05, 3.63) is 29.6 Å². The monoisotopic (exact) mass is 359 g/mol. The molecule has 6 heteroatoms. The van der Waals surface area contributed by atoms with Crippen molar-refractivity contribution in [1.82, 2.24) is 14.8 Å². The normalized spacial score (nSPS) is 24.6. The molecule has 1 aromatic heterocycles. The highest BCUT2D eigenvalue weighted by molar-refractivity contribution is 5.93. The van der Waals surface area contributed by atoms with Crippen molar-refractivity contribution in [1.29, 1.82) is 0 Å². The van der Waals surface area contributed by atoms with Crippen LogP contribution in [0, 0.1) is 12.3 Å². The van der Waals surface area contributed by atoms with Gasteiger partial charge in [0.2, 0.25) is 5.91 Å². The Morgan fingerprint density at radius 2 is 1.92 bits per heavy atom. The molecular formula is C20H29N3O3. The first-order valence-corrected chi connectivity index (χ1v) is 9.33. The zero-order chi connectivity index (χ0) is 19.1. The molecule has 1 spiro atoms. The Bertz CT molecular complexity index is 708. The maximum absolute atomic E-state index is 12.8. The number of aromatic nitrogens is 1. The molecular weight excluding hydrogens is 330 g/mol. The van der Waals surface area contributed by atoms with Crippen molar-refractivity contribution < 1.29 is 14.7 Å². The van der Waals surface area contributed by atoms with Gasteiger partial charge in [0.1, 0.15) is 5.69 Å². The summed E-state index contributed by atoms with van der Waals surface area (Å²) >= 11 is 0. The smallest absolute Gasteiger partial charge is 0.272 e. The zero-order valence-electron chi connectivity index (χ0n) is 16.2. The number of amides is 2. The predicted molar refractivity (Wildman–Crippen MR) is 98.6 cm³/mol. The minimum absolute atomic E-state index is 0.00394. The van der Waals surface area contributed by atoms with E-state index in [1.54, 1.807) is 13.1 Å². The van der Waals surface area contributed by atoms with E-state index in [1.807, 2.05) is 42.7 Å². The molecule has 26 heavy (non-hydrogen) atoms. The number of hydrogen-bond donors (Lipinski definition) is 1. The van der Waals surface area contributed by atoms with Crippen LogP contribution in [0.25, 0.3) is 0 Å². The second kappa shape index (κ2) is 6.65. The molecule has 2 fully saturated rings. The van der Waals surface area contributed by atoms with Crippen molar-refractivity contribution in [3.63, 3.8) is 0 Å². The van der Waals surface area contributed by atoms with Crippen LogP contribution in [0.15, 0.2) is 18.3 Å². The van der Waals surface area contributed by atoms with Crippen molar-refractivity contribution in [2.24, 2.45) is 5.41 Å². The van der Waals surface area contributed by atoms with Crippen LogP contribution in [0.4, 0.5) is 0 Å². The van der Waals surface area contributed by atoms with Gasteiger partial charge in [0, 0.05) is 32.8 Å². The largest absolute Gasteiger partial charge is 0.391 e. The van der Waals surface area contributed by atoms with Crippen LogP contribution >= 0.6 is 0 Å². The molecule has 1 N–H and O–H groups in total.